The van der Waals surface area contributed by atoms with E-state index < -0.39 is 5.82 Å². The quantitative estimate of drug-likeness (QED) is 0.663. The van der Waals surface area contributed by atoms with Crippen molar-refractivity contribution in [3.05, 3.63) is 33.0 Å². The van der Waals surface area contributed by atoms with Crippen LogP contribution in [-0.2, 0) is 0 Å². The second-order valence-electron chi connectivity index (χ2n) is 4.98. The average Bonchev–Trinajstić information content (AvgIpc) is 2.97. The van der Waals surface area contributed by atoms with Gasteiger partial charge in [0.15, 0.2) is 11.6 Å². The molecule has 2 aliphatic rings. The van der Waals surface area contributed by atoms with E-state index >= 15 is 0 Å². The zero-order valence-electron chi connectivity index (χ0n) is 9.55. The van der Waals surface area contributed by atoms with E-state index in [1.807, 2.05) is 0 Å². The molecule has 2 nitrogen and oxygen atoms in total. The fourth-order valence-electron chi connectivity index (χ4n) is 3.03. The molecule has 0 radical (unpaired) electrons. The molecule has 2 aliphatic heterocycles. The summed E-state index contributed by atoms with van der Waals surface area (Å²) < 4.78 is 14.5. The van der Waals surface area contributed by atoms with Crippen LogP contribution in [0.3, 0.4) is 0 Å². The number of benzene rings is 1. The fourth-order valence-corrected chi connectivity index (χ4v) is 3.50. The maximum atomic E-state index is 14.0. The predicted molar refractivity (Wildman–Crippen MR) is 71.5 cm³/mol. The van der Waals surface area contributed by atoms with Crippen LogP contribution in [0.2, 0.25) is 5.02 Å². The first-order valence-electron chi connectivity index (χ1n) is 6.01. The molecule has 96 valence electrons. The van der Waals surface area contributed by atoms with Crippen molar-refractivity contribution in [2.24, 2.45) is 5.92 Å². The van der Waals surface area contributed by atoms with Crippen LogP contribution in [0.25, 0.3) is 0 Å². The number of ketones is 1. The maximum absolute atomic E-state index is 14.0. The number of hydrogen-bond donors (Lipinski definition) is 1. The first-order chi connectivity index (χ1) is 8.58. The van der Waals surface area contributed by atoms with Crippen LogP contribution < -0.4 is 5.32 Å². The lowest BCUT2D eigenvalue weighted by molar-refractivity contribution is 0.0896. The van der Waals surface area contributed by atoms with Crippen molar-refractivity contribution >= 4 is 33.3 Å². The Balaban J connectivity index is 1.91. The highest BCUT2D eigenvalue weighted by atomic mass is 79.9. The summed E-state index contributed by atoms with van der Waals surface area (Å²) in [5.74, 6) is -0.837. The molecule has 0 aromatic heterocycles. The monoisotopic (exact) mass is 331 g/mol. The van der Waals surface area contributed by atoms with E-state index in [1.165, 1.54) is 6.07 Å². The molecule has 1 aromatic carbocycles. The van der Waals surface area contributed by atoms with Crippen molar-refractivity contribution in [3.63, 3.8) is 0 Å². The molecule has 0 saturated carbocycles. The Bertz CT molecular complexity index is 522. The Hall–Kier alpha value is -0.450. The maximum Gasteiger partial charge on any atom is 0.170 e. The molecule has 3 atom stereocenters. The third kappa shape index (κ3) is 1.91. The van der Waals surface area contributed by atoms with Gasteiger partial charge in [0, 0.05) is 22.5 Å². The Morgan fingerprint density at radius 3 is 2.83 bits per heavy atom. The van der Waals surface area contributed by atoms with Gasteiger partial charge in [0.25, 0.3) is 0 Å². The van der Waals surface area contributed by atoms with Crippen LogP contribution in [0.4, 0.5) is 4.39 Å². The Morgan fingerprint density at radius 1 is 1.44 bits per heavy atom. The van der Waals surface area contributed by atoms with E-state index in [0.717, 1.165) is 19.3 Å². The molecule has 5 heteroatoms. The molecule has 0 spiro atoms. The highest BCUT2D eigenvalue weighted by molar-refractivity contribution is 9.10. The summed E-state index contributed by atoms with van der Waals surface area (Å²) in [6.07, 6.45) is 2.95. The lowest BCUT2D eigenvalue weighted by Crippen LogP contribution is -2.29. The summed E-state index contributed by atoms with van der Waals surface area (Å²) in [7, 11) is 0. The lowest BCUT2D eigenvalue weighted by Gasteiger charge is -2.19. The van der Waals surface area contributed by atoms with Gasteiger partial charge in [-0.2, -0.15) is 0 Å². The van der Waals surface area contributed by atoms with Crippen molar-refractivity contribution in [2.75, 3.05) is 0 Å². The predicted octanol–water partition coefficient (Wildman–Crippen LogP) is 3.56. The first-order valence-corrected chi connectivity index (χ1v) is 7.19. The molecule has 3 unspecified atom stereocenters. The molecule has 2 saturated heterocycles. The van der Waals surface area contributed by atoms with Crippen molar-refractivity contribution in [1.29, 1.82) is 0 Å². The van der Waals surface area contributed by atoms with Gasteiger partial charge >= 0.3 is 0 Å². The summed E-state index contributed by atoms with van der Waals surface area (Å²) in [6.45, 7) is 0. The van der Waals surface area contributed by atoms with Crippen molar-refractivity contribution < 1.29 is 9.18 Å². The van der Waals surface area contributed by atoms with Crippen LogP contribution in [0.5, 0.6) is 0 Å². The van der Waals surface area contributed by atoms with Crippen molar-refractivity contribution in [3.8, 4) is 0 Å². The molecular weight excluding hydrogens is 321 g/mol. The summed E-state index contributed by atoms with van der Waals surface area (Å²) in [5, 5.41) is 3.37. The van der Waals surface area contributed by atoms with Crippen molar-refractivity contribution in [1.82, 2.24) is 5.32 Å². The topological polar surface area (TPSA) is 29.1 Å². The zero-order valence-corrected chi connectivity index (χ0v) is 11.9. The number of Topliss-reactive ketones (excluding diaryl/α,β-unsaturated/α-hetero) is 1. The first kappa shape index (κ1) is 12.6. The molecule has 0 amide bonds. The fraction of sp³-hybridized carbons (Fsp3) is 0.462. The van der Waals surface area contributed by atoms with Gasteiger partial charge in [-0.25, -0.2) is 4.39 Å². The number of rotatable bonds is 2. The molecule has 3 rings (SSSR count). The SMILES string of the molecule is O=C(c1ccc(Br)c(Cl)c1F)C1CC2CCC1N2. The van der Waals surface area contributed by atoms with E-state index in [-0.39, 0.29) is 28.3 Å². The molecular formula is C13H12BrClFNO. The molecule has 2 bridgehead atoms. The van der Waals surface area contributed by atoms with Gasteiger partial charge in [0.1, 0.15) is 0 Å². The van der Waals surface area contributed by atoms with Gasteiger partial charge in [-0.05, 0) is 47.3 Å². The average molecular weight is 333 g/mol. The number of fused-ring (bicyclic) bond motifs is 2. The number of halogens is 3. The van der Waals surface area contributed by atoms with Crippen LogP contribution in [0.15, 0.2) is 16.6 Å². The molecule has 1 N–H and O–H groups in total. The van der Waals surface area contributed by atoms with E-state index in [1.54, 1.807) is 6.07 Å². The highest BCUT2D eigenvalue weighted by Crippen LogP contribution is 2.37. The van der Waals surface area contributed by atoms with Crippen LogP contribution >= 0.6 is 27.5 Å². The highest BCUT2D eigenvalue weighted by Gasteiger charge is 2.43. The van der Waals surface area contributed by atoms with Crippen molar-refractivity contribution in [2.45, 2.75) is 31.3 Å². The van der Waals surface area contributed by atoms with E-state index in [0.29, 0.717) is 10.5 Å². The summed E-state index contributed by atoms with van der Waals surface area (Å²) >= 11 is 8.97. The molecule has 0 aliphatic carbocycles. The molecule has 1 aromatic rings. The number of hydrogen-bond acceptors (Lipinski definition) is 2. The Kier molecular flexibility index (Phi) is 3.20. The summed E-state index contributed by atoms with van der Waals surface area (Å²) in [6, 6.07) is 3.78. The van der Waals surface area contributed by atoms with Crippen LogP contribution in [0, 0.1) is 11.7 Å². The number of nitrogens with one attached hydrogen (secondary N) is 1. The van der Waals surface area contributed by atoms with Gasteiger partial charge in [0.05, 0.1) is 10.6 Å². The van der Waals surface area contributed by atoms with Crippen LogP contribution in [0.1, 0.15) is 29.6 Å². The minimum absolute atomic E-state index is 0.0167. The van der Waals surface area contributed by atoms with Gasteiger partial charge in [-0.3, -0.25) is 4.79 Å². The third-order valence-corrected chi connectivity index (χ3v) is 5.20. The van der Waals surface area contributed by atoms with Gasteiger partial charge in [-0.1, -0.05) is 11.6 Å². The third-order valence-electron chi connectivity index (χ3n) is 3.94. The minimum atomic E-state index is -0.612. The number of carbonyl (C=O) groups is 1. The summed E-state index contributed by atoms with van der Waals surface area (Å²) in [4.78, 5) is 12.4. The van der Waals surface area contributed by atoms with Crippen LogP contribution in [-0.4, -0.2) is 17.9 Å². The molecule has 2 fully saturated rings. The second-order valence-corrected chi connectivity index (χ2v) is 6.21. The smallest absolute Gasteiger partial charge is 0.170 e. The van der Waals surface area contributed by atoms with Gasteiger partial charge < -0.3 is 5.32 Å². The lowest BCUT2D eigenvalue weighted by atomic mass is 9.83. The van der Waals surface area contributed by atoms with Gasteiger partial charge in [-0.15, -0.1) is 0 Å². The molecule has 2 heterocycles. The number of carbonyl (C=O) groups excluding carboxylic acids is 1. The molecule has 18 heavy (non-hydrogen) atoms. The largest absolute Gasteiger partial charge is 0.310 e. The minimum Gasteiger partial charge on any atom is -0.310 e. The Morgan fingerprint density at radius 2 is 2.22 bits per heavy atom. The Labute approximate surface area is 118 Å². The second kappa shape index (κ2) is 4.58. The normalized spacial score (nSPS) is 29.8. The zero-order chi connectivity index (χ0) is 12.9. The van der Waals surface area contributed by atoms with Gasteiger partial charge in [0.2, 0.25) is 0 Å². The standard InChI is InChI=1S/C13H12BrClFNO/c14-9-3-2-7(12(16)11(9)15)13(18)8-5-6-1-4-10(8)17-6/h2-3,6,8,10,17H,1,4-5H2. The summed E-state index contributed by atoms with van der Waals surface area (Å²) in [5.41, 5.74) is 0.113. The van der Waals surface area contributed by atoms with E-state index in [2.05, 4.69) is 21.2 Å². The van der Waals surface area contributed by atoms with E-state index in [4.69, 9.17) is 11.6 Å². The van der Waals surface area contributed by atoms with E-state index in [9.17, 15) is 9.18 Å².